The summed E-state index contributed by atoms with van der Waals surface area (Å²) in [6.45, 7) is 0. The van der Waals surface area contributed by atoms with E-state index in [2.05, 4.69) is 5.73 Å². The minimum atomic E-state index is 0. The third kappa shape index (κ3) is 16.2. The molecule has 0 aromatic heterocycles. The molecule has 0 aliphatic heterocycles. The van der Waals surface area contributed by atoms with Gasteiger partial charge in [0, 0.05) is 0 Å². The first-order valence-electron chi connectivity index (χ1n) is 0.577. The molecule has 26 valence electrons. The molecule has 3 heteroatoms. The molecule has 0 amide bonds. The van der Waals surface area contributed by atoms with Crippen molar-refractivity contribution < 1.29 is 8.33 Å². The first kappa shape index (κ1) is 22.4. The zero-order valence-electron chi connectivity index (χ0n) is 4.78. The molecular formula is CH9MgNO. The molecule has 0 bridgehead atoms. The van der Waals surface area contributed by atoms with Gasteiger partial charge in [-0.3, -0.25) is 0 Å². The predicted octanol–water partition coefficient (Wildman–Crippen LogP) is -1.41. The van der Waals surface area contributed by atoms with E-state index in [0.717, 1.165) is 0 Å². The molecule has 0 aromatic carbocycles. The van der Waals surface area contributed by atoms with Gasteiger partial charge in [0.1, 0.15) is 0 Å². The van der Waals surface area contributed by atoms with Gasteiger partial charge in [-0.1, -0.05) is 0 Å². The van der Waals surface area contributed by atoms with E-state index in [0.29, 0.717) is 0 Å². The Morgan fingerprint density at radius 2 is 1.50 bits per heavy atom. The van der Waals surface area contributed by atoms with Gasteiger partial charge in [-0.2, -0.15) is 0 Å². The molecule has 0 atom stereocenters. The van der Waals surface area contributed by atoms with Gasteiger partial charge in [-0.05, 0) is 7.05 Å². The Morgan fingerprint density at radius 1 is 1.50 bits per heavy atom. The molecule has 0 unspecified atom stereocenters. The topological polar surface area (TPSA) is 57.5 Å². The smallest absolute Gasteiger partial charge is 1.00 e. The third-order valence-electron chi connectivity index (χ3n) is 0. The Morgan fingerprint density at radius 3 is 1.50 bits per heavy atom. The molecule has 0 aromatic rings. The minimum Gasteiger partial charge on any atom is -1.00 e. The van der Waals surface area contributed by atoms with Crippen LogP contribution in [0.4, 0.5) is 0 Å². The van der Waals surface area contributed by atoms with Crippen LogP contribution in [0.25, 0.3) is 0 Å². The zero-order chi connectivity index (χ0) is 2.00. The van der Waals surface area contributed by atoms with Gasteiger partial charge >= 0.3 is 23.1 Å². The fourth-order valence-electron chi connectivity index (χ4n) is 0. The van der Waals surface area contributed by atoms with Gasteiger partial charge in [-0.25, -0.2) is 0 Å². The van der Waals surface area contributed by atoms with Crippen LogP contribution in [0.15, 0.2) is 0 Å². The Balaban J connectivity index is -0.000000000833. The van der Waals surface area contributed by atoms with E-state index in [1.54, 1.807) is 0 Å². The van der Waals surface area contributed by atoms with Gasteiger partial charge in [-0.15, -0.1) is 0 Å². The molecule has 0 aliphatic carbocycles. The van der Waals surface area contributed by atoms with Crippen molar-refractivity contribution in [3.63, 3.8) is 0 Å². The van der Waals surface area contributed by atoms with E-state index >= 15 is 0 Å². The predicted molar refractivity (Wildman–Crippen MR) is 21.7 cm³/mol. The first-order valence-corrected chi connectivity index (χ1v) is 0.577. The summed E-state index contributed by atoms with van der Waals surface area (Å²) in [5, 5.41) is 0. The molecule has 0 spiro atoms. The maximum absolute atomic E-state index is 4.50. The molecule has 0 fully saturated rings. The van der Waals surface area contributed by atoms with Gasteiger partial charge in [0.2, 0.25) is 0 Å². The van der Waals surface area contributed by atoms with Crippen LogP contribution in [0.3, 0.4) is 0 Å². The number of hydrogen-bond donors (Lipinski definition) is 1. The maximum Gasteiger partial charge on any atom is 2.00 e. The van der Waals surface area contributed by atoms with Crippen molar-refractivity contribution in [1.29, 1.82) is 0 Å². The fraction of sp³-hybridized carbons (Fsp3) is 1.00. The number of hydrogen-bond acceptors (Lipinski definition) is 1. The molecule has 0 saturated carbocycles. The van der Waals surface area contributed by atoms with E-state index in [1.165, 1.54) is 7.05 Å². The van der Waals surface area contributed by atoms with Crippen LogP contribution in [-0.2, 0) is 0 Å². The number of nitrogens with two attached hydrogens (primary N) is 1. The second-order valence-corrected chi connectivity index (χ2v) is 0. The zero-order valence-corrected chi connectivity index (χ0v) is 4.20. The normalized spacial score (nSPS) is 1.50. The summed E-state index contributed by atoms with van der Waals surface area (Å²) in [6, 6.07) is 0. The Labute approximate surface area is 44.8 Å². The number of rotatable bonds is 0. The maximum atomic E-state index is 4.50. The summed E-state index contributed by atoms with van der Waals surface area (Å²) in [6.07, 6.45) is 0. The first-order chi connectivity index (χ1) is 1.00. The summed E-state index contributed by atoms with van der Waals surface area (Å²) < 4.78 is 0. The molecule has 0 radical (unpaired) electrons. The Bertz CT molecular complexity index is 13.5. The van der Waals surface area contributed by atoms with Gasteiger partial charge in [0.25, 0.3) is 0 Å². The van der Waals surface area contributed by atoms with Crippen LogP contribution < -0.4 is 5.73 Å². The Hall–Kier alpha value is 0.686. The average Bonchev–Trinajstić information content (AvgIpc) is 1.00. The van der Waals surface area contributed by atoms with E-state index < -0.39 is 0 Å². The van der Waals surface area contributed by atoms with Crippen molar-refractivity contribution in [3.8, 4) is 0 Å². The quantitative estimate of drug-likeness (QED) is 0.354. The molecule has 0 rings (SSSR count). The molecule has 0 aliphatic rings. The summed E-state index contributed by atoms with van der Waals surface area (Å²) in [4.78, 5) is 0. The van der Waals surface area contributed by atoms with Crippen LogP contribution in [0.2, 0.25) is 0 Å². The average molecular weight is 75.4 g/mol. The van der Waals surface area contributed by atoms with Crippen LogP contribution in [-0.4, -0.2) is 35.6 Å². The van der Waals surface area contributed by atoms with E-state index in [4.69, 9.17) is 0 Å². The van der Waals surface area contributed by atoms with Crippen LogP contribution in [0.1, 0.15) is 2.85 Å². The van der Waals surface area contributed by atoms with Crippen molar-refractivity contribution >= 4 is 23.1 Å². The van der Waals surface area contributed by atoms with Crippen molar-refractivity contribution in [1.82, 2.24) is 0 Å². The van der Waals surface area contributed by atoms with E-state index in [1.807, 2.05) is 0 Å². The second-order valence-electron chi connectivity index (χ2n) is 0. The summed E-state index contributed by atoms with van der Waals surface area (Å²) in [5.41, 5.74) is 4.50. The van der Waals surface area contributed by atoms with Gasteiger partial charge < -0.3 is 14.1 Å². The molecule has 2 nitrogen and oxygen atoms in total. The SMILES string of the molecule is CN.O.[H-].[H-].[Mg+2]. The van der Waals surface area contributed by atoms with Gasteiger partial charge in [0.05, 0.1) is 0 Å². The minimum absolute atomic E-state index is 0. The molecule has 4 heavy (non-hydrogen) atoms. The van der Waals surface area contributed by atoms with Gasteiger partial charge in [0.15, 0.2) is 0 Å². The Kier molecular flexibility index (Phi) is 316. The largest absolute Gasteiger partial charge is 2.00 e. The molecular weight excluding hydrogens is 66.3 g/mol. The van der Waals surface area contributed by atoms with E-state index in [9.17, 15) is 0 Å². The molecule has 0 saturated heterocycles. The van der Waals surface area contributed by atoms with Crippen molar-refractivity contribution in [3.05, 3.63) is 0 Å². The summed E-state index contributed by atoms with van der Waals surface area (Å²) in [7, 11) is 1.50. The standard InChI is InChI=1S/CH5N.Mg.H2O.2H/c1-2;;;;/h2H2,1H3;;1H2;;/q;+2;;2*-1. The van der Waals surface area contributed by atoms with Crippen LogP contribution in [0.5, 0.6) is 0 Å². The van der Waals surface area contributed by atoms with Crippen molar-refractivity contribution in [2.45, 2.75) is 0 Å². The molecule has 0 heterocycles. The second kappa shape index (κ2) is 56.5. The van der Waals surface area contributed by atoms with E-state index in [-0.39, 0.29) is 31.4 Å². The summed E-state index contributed by atoms with van der Waals surface area (Å²) in [5.74, 6) is 0. The monoisotopic (exact) mass is 75.1 g/mol. The van der Waals surface area contributed by atoms with Crippen molar-refractivity contribution in [2.75, 3.05) is 7.05 Å². The van der Waals surface area contributed by atoms with Crippen LogP contribution in [0, 0.1) is 0 Å². The fourth-order valence-corrected chi connectivity index (χ4v) is 0. The van der Waals surface area contributed by atoms with Crippen LogP contribution >= 0.6 is 0 Å². The van der Waals surface area contributed by atoms with Crippen molar-refractivity contribution in [2.24, 2.45) is 5.73 Å². The third-order valence-corrected chi connectivity index (χ3v) is 0. The molecule has 4 N–H and O–H groups in total. The summed E-state index contributed by atoms with van der Waals surface area (Å²) >= 11 is 0.